The average molecular weight is 223 g/mol. The Labute approximate surface area is 88.5 Å². The number of para-hydroxylation sites is 1. The van der Waals surface area contributed by atoms with Gasteiger partial charge in [-0.05, 0) is 12.1 Å². The summed E-state index contributed by atoms with van der Waals surface area (Å²) in [7, 11) is -2.28. The molecule has 0 amide bonds. The van der Waals surface area contributed by atoms with Crippen LogP contribution in [-0.2, 0) is 10.3 Å². The highest BCUT2D eigenvalue weighted by molar-refractivity contribution is 7.73. The van der Waals surface area contributed by atoms with Gasteiger partial charge >= 0.3 is 0 Å². The molecule has 1 aliphatic rings. The lowest BCUT2D eigenvalue weighted by Crippen LogP contribution is -2.11. The molecule has 0 unspecified atom stereocenters. The maximum atomic E-state index is 11.6. The fourth-order valence-electron chi connectivity index (χ4n) is 1.53. The Kier molecular flexibility index (Phi) is 2.55. The highest BCUT2D eigenvalue weighted by atomic mass is 32.2. The van der Waals surface area contributed by atoms with Gasteiger partial charge in [-0.25, -0.2) is 0 Å². The minimum Gasteiger partial charge on any atom is -0.346 e. The van der Waals surface area contributed by atoms with Crippen LogP contribution < -0.4 is 5.32 Å². The predicted octanol–water partition coefficient (Wildman–Crippen LogP) is 1.08. The highest BCUT2D eigenvalue weighted by Gasteiger charge is 2.18. The van der Waals surface area contributed by atoms with Crippen molar-refractivity contribution in [3.8, 4) is 0 Å². The van der Waals surface area contributed by atoms with Crippen molar-refractivity contribution in [3.63, 3.8) is 0 Å². The van der Waals surface area contributed by atoms with E-state index in [0.29, 0.717) is 11.3 Å². The molecule has 0 spiro atoms. The van der Waals surface area contributed by atoms with Gasteiger partial charge in [0.2, 0.25) is 10.3 Å². The minimum absolute atomic E-state index is 0.0291. The molecule has 1 aromatic carbocycles. The van der Waals surface area contributed by atoms with E-state index in [2.05, 4.69) is 5.32 Å². The molecule has 1 aliphatic heterocycles. The molecule has 0 fully saturated rings. The minimum atomic E-state index is -2.28. The molecule has 0 saturated carbocycles. The highest BCUT2D eigenvalue weighted by Crippen LogP contribution is 2.21. The Balaban J connectivity index is 2.56. The van der Waals surface area contributed by atoms with Gasteiger partial charge in [0.15, 0.2) is 5.78 Å². The quantitative estimate of drug-likeness (QED) is 0.668. The second kappa shape index (κ2) is 3.86. The summed E-state index contributed by atoms with van der Waals surface area (Å²) in [5.41, 5.74) is 1.12. The van der Waals surface area contributed by atoms with Gasteiger partial charge in [0.25, 0.3) is 0 Å². The Morgan fingerprint density at radius 1 is 1.13 bits per heavy atom. The van der Waals surface area contributed by atoms with E-state index in [0.717, 1.165) is 0 Å². The van der Waals surface area contributed by atoms with Crippen molar-refractivity contribution in [2.24, 2.45) is 0 Å². The van der Waals surface area contributed by atoms with E-state index in [1.807, 2.05) is 0 Å². The number of fused-ring (bicyclic) bond motifs is 1. The molecule has 0 bridgehead atoms. The van der Waals surface area contributed by atoms with Crippen molar-refractivity contribution >= 4 is 26.8 Å². The number of ketones is 1. The monoisotopic (exact) mass is 223 g/mol. The van der Waals surface area contributed by atoms with Crippen molar-refractivity contribution in [1.82, 2.24) is 0 Å². The number of hydrogen-bond donors (Lipinski definition) is 1. The number of carbonyl (C=O) groups is 1. The molecule has 4 nitrogen and oxygen atoms in total. The maximum Gasteiger partial charge on any atom is 0.233 e. The third-order valence-electron chi connectivity index (χ3n) is 2.28. The second-order valence-corrected chi connectivity index (χ2v) is 4.21. The first-order valence-corrected chi connectivity index (χ1v) is 5.60. The summed E-state index contributed by atoms with van der Waals surface area (Å²) in [4.78, 5) is 11.8. The lowest BCUT2D eigenvalue weighted by molar-refractivity contribution is 0.0986. The largest absolute Gasteiger partial charge is 0.346 e. The van der Waals surface area contributed by atoms with E-state index < -0.39 is 10.3 Å². The zero-order valence-electron chi connectivity index (χ0n) is 7.86. The zero-order chi connectivity index (χ0) is 10.8. The summed E-state index contributed by atoms with van der Waals surface area (Å²) in [5, 5.41) is 2.77. The van der Waals surface area contributed by atoms with Crippen LogP contribution in [0.3, 0.4) is 0 Å². The van der Waals surface area contributed by atoms with Gasteiger partial charge in [-0.3, -0.25) is 4.79 Å². The Morgan fingerprint density at radius 2 is 1.87 bits per heavy atom. The van der Waals surface area contributed by atoms with E-state index in [9.17, 15) is 13.2 Å². The molecule has 1 heterocycles. The fourth-order valence-corrected chi connectivity index (χ4v) is 2.00. The normalized spacial score (nSPS) is 15.2. The van der Waals surface area contributed by atoms with Crippen molar-refractivity contribution < 1.29 is 13.2 Å². The number of Topliss-reactive ketones (excluding diaryl/α,β-unsaturated/α-hetero) is 1. The predicted molar refractivity (Wildman–Crippen MR) is 57.6 cm³/mol. The summed E-state index contributed by atoms with van der Waals surface area (Å²) in [6, 6.07) is 6.92. The maximum absolute atomic E-state index is 11.6. The first-order chi connectivity index (χ1) is 7.18. The summed E-state index contributed by atoms with van der Waals surface area (Å²) in [6.07, 6.45) is 0.469. The number of nitrogens with one attached hydrogen (secondary N) is 1. The van der Waals surface area contributed by atoms with Crippen molar-refractivity contribution in [2.75, 3.05) is 5.32 Å². The number of benzene rings is 1. The van der Waals surface area contributed by atoms with Crippen LogP contribution in [0.2, 0.25) is 0 Å². The van der Waals surface area contributed by atoms with E-state index in [1.54, 1.807) is 24.3 Å². The lowest BCUT2D eigenvalue weighted by Gasteiger charge is -2.04. The van der Waals surface area contributed by atoms with Crippen LogP contribution in [0.5, 0.6) is 0 Å². The van der Waals surface area contributed by atoms with Gasteiger partial charge in [0.05, 0.1) is 0 Å². The lowest BCUT2D eigenvalue weighted by atomic mass is 10.1. The number of hydrogen-bond acceptors (Lipinski definition) is 3. The van der Waals surface area contributed by atoms with Gasteiger partial charge in [-0.15, -0.1) is 0 Å². The summed E-state index contributed by atoms with van der Waals surface area (Å²) < 4.78 is 21.6. The second-order valence-electron chi connectivity index (χ2n) is 3.25. The smallest absolute Gasteiger partial charge is 0.233 e. The van der Waals surface area contributed by atoms with Crippen molar-refractivity contribution in [2.45, 2.75) is 12.8 Å². The Morgan fingerprint density at radius 3 is 2.60 bits per heavy atom. The number of anilines is 1. The molecule has 78 valence electrons. The zero-order valence-corrected chi connectivity index (χ0v) is 8.67. The van der Waals surface area contributed by atoms with Crippen LogP contribution >= 0.6 is 0 Å². The molecule has 0 atom stereocenters. The van der Waals surface area contributed by atoms with Crippen LogP contribution in [0.4, 0.5) is 5.69 Å². The third kappa shape index (κ3) is 1.92. The summed E-state index contributed by atoms with van der Waals surface area (Å²) in [6.45, 7) is 0. The Hall–Kier alpha value is -1.62. The molecular weight excluding hydrogens is 214 g/mol. The molecule has 15 heavy (non-hydrogen) atoms. The first-order valence-electron chi connectivity index (χ1n) is 4.53. The van der Waals surface area contributed by atoms with E-state index in [1.165, 1.54) is 0 Å². The van der Waals surface area contributed by atoms with E-state index in [4.69, 9.17) is 0 Å². The van der Waals surface area contributed by atoms with E-state index in [-0.39, 0.29) is 23.6 Å². The van der Waals surface area contributed by atoms with Crippen molar-refractivity contribution in [3.05, 3.63) is 29.8 Å². The van der Waals surface area contributed by atoms with Crippen LogP contribution in [0, 0.1) is 0 Å². The summed E-state index contributed by atoms with van der Waals surface area (Å²) >= 11 is 0. The molecule has 0 aliphatic carbocycles. The van der Waals surface area contributed by atoms with Crippen LogP contribution in [0.25, 0.3) is 0 Å². The number of carbonyl (C=O) groups excluding carboxylic acids is 1. The van der Waals surface area contributed by atoms with Crippen LogP contribution in [-0.4, -0.2) is 19.2 Å². The SMILES string of the molecule is O=C1CCC(=S(=O)=O)Nc2ccccc21. The molecule has 0 radical (unpaired) electrons. The fraction of sp³-hybridized carbons (Fsp3) is 0.200. The average Bonchev–Trinajstić information content (AvgIpc) is 2.39. The van der Waals surface area contributed by atoms with Gasteiger partial charge < -0.3 is 5.32 Å². The number of rotatable bonds is 0. The van der Waals surface area contributed by atoms with Gasteiger partial charge in [0, 0.05) is 24.1 Å². The third-order valence-corrected chi connectivity index (χ3v) is 2.99. The molecule has 5 heteroatoms. The topological polar surface area (TPSA) is 63.2 Å². The summed E-state index contributed by atoms with van der Waals surface area (Å²) in [5.74, 6) is -0.0291. The molecular formula is C10H9NO3S. The first kappa shape index (κ1) is 9.92. The molecule has 1 N–H and O–H groups in total. The van der Waals surface area contributed by atoms with Crippen LogP contribution in [0.1, 0.15) is 23.2 Å². The molecule has 0 saturated heterocycles. The Bertz CT molecular complexity index is 538. The standard InChI is InChI=1S/C10H9NO3S/c12-9-5-6-10(15(13)14)11-8-4-2-1-3-7(8)9/h1-4,11H,5-6H2. The van der Waals surface area contributed by atoms with E-state index >= 15 is 0 Å². The molecule has 2 rings (SSSR count). The van der Waals surface area contributed by atoms with Crippen LogP contribution in [0.15, 0.2) is 24.3 Å². The molecule has 0 aromatic heterocycles. The molecule has 1 aromatic rings. The van der Waals surface area contributed by atoms with Gasteiger partial charge in [-0.1, -0.05) is 12.1 Å². The van der Waals surface area contributed by atoms with Crippen molar-refractivity contribution in [1.29, 1.82) is 0 Å². The van der Waals surface area contributed by atoms with Gasteiger partial charge in [0.1, 0.15) is 4.99 Å². The van der Waals surface area contributed by atoms with Gasteiger partial charge in [-0.2, -0.15) is 8.42 Å².